The highest BCUT2D eigenvalue weighted by Crippen LogP contribution is 2.02. The first-order chi connectivity index (χ1) is 8.45. The highest BCUT2D eigenvalue weighted by Gasteiger charge is 2.07. The zero-order valence-corrected chi connectivity index (χ0v) is 13.5. The molecule has 0 unspecified atom stereocenters. The van der Waals surface area contributed by atoms with Crippen LogP contribution in [0.4, 0.5) is 0 Å². The minimum absolute atomic E-state index is 0.493. The van der Waals surface area contributed by atoms with Gasteiger partial charge in [0.15, 0.2) is 0 Å². The standard InChI is InChI=1S/C16H28OSi/c1-5-6-7-8-9-10-13-16(17)14-11-12-15-18(2,3)4/h16-17H,5-9,11,14H2,1-4H3/t16-/m0/s1. The fourth-order valence-corrected chi connectivity index (χ4v) is 2.09. The Hall–Kier alpha value is -0.703. The third-order valence-corrected chi connectivity index (χ3v) is 3.36. The molecule has 18 heavy (non-hydrogen) atoms. The van der Waals surface area contributed by atoms with E-state index in [-0.39, 0.29) is 0 Å². The first-order valence-electron chi connectivity index (χ1n) is 7.12. The Morgan fingerprint density at radius 1 is 1.00 bits per heavy atom. The van der Waals surface area contributed by atoms with Gasteiger partial charge in [0.1, 0.15) is 14.2 Å². The molecular weight excluding hydrogens is 236 g/mol. The summed E-state index contributed by atoms with van der Waals surface area (Å²) in [5.74, 6) is 9.13. The average Bonchev–Trinajstić information content (AvgIpc) is 2.28. The van der Waals surface area contributed by atoms with E-state index in [0.717, 1.165) is 19.3 Å². The van der Waals surface area contributed by atoms with Crippen molar-refractivity contribution in [3.8, 4) is 23.3 Å². The second-order valence-electron chi connectivity index (χ2n) is 5.74. The van der Waals surface area contributed by atoms with E-state index in [9.17, 15) is 5.11 Å². The van der Waals surface area contributed by atoms with E-state index in [0.29, 0.717) is 6.42 Å². The van der Waals surface area contributed by atoms with Crippen LogP contribution in [0.5, 0.6) is 0 Å². The third-order valence-electron chi connectivity index (χ3n) is 2.43. The molecule has 0 heterocycles. The van der Waals surface area contributed by atoms with Crippen LogP contribution in [0.25, 0.3) is 0 Å². The second-order valence-corrected chi connectivity index (χ2v) is 10.5. The highest BCUT2D eigenvalue weighted by atomic mass is 28.3. The largest absolute Gasteiger partial charge is 0.380 e. The van der Waals surface area contributed by atoms with Gasteiger partial charge in [0.2, 0.25) is 0 Å². The zero-order valence-electron chi connectivity index (χ0n) is 12.5. The Bertz CT molecular complexity index is 319. The summed E-state index contributed by atoms with van der Waals surface area (Å²) >= 11 is 0. The Labute approximate surface area is 114 Å². The van der Waals surface area contributed by atoms with Crippen molar-refractivity contribution in [1.29, 1.82) is 0 Å². The normalized spacial score (nSPS) is 12.1. The molecule has 0 spiro atoms. The lowest BCUT2D eigenvalue weighted by Gasteiger charge is -2.03. The SMILES string of the molecule is CCCCCCC#C[C@H](O)CCC#C[Si](C)(C)C. The number of hydrogen-bond donors (Lipinski definition) is 1. The molecule has 0 aromatic rings. The Balaban J connectivity index is 3.67. The zero-order chi connectivity index (χ0) is 13.9. The van der Waals surface area contributed by atoms with Gasteiger partial charge in [-0.15, -0.1) is 17.4 Å². The lowest BCUT2D eigenvalue weighted by molar-refractivity contribution is 0.224. The minimum Gasteiger partial charge on any atom is -0.380 e. The van der Waals surface area contributed by atoms with Crippen molar-refractivity contribution >= 4 is 8.07 Å². The maximum atomic E-state index is 9.65. The van der Waals surface area contributed by atoms with Crippen LogP contribution < -0.4 is 0 Å². The fraction of sp³-hybridized carbons (Fsp3) is 0.750. The summed E-state index contributed by atoms with van der Waals surface area (Å²) in [6.07, 6.45) is 6.81. The number of rotatable bonds is 6. The minimum atomic E-state index is -1.25. The van der Waals surface area contributed by atoms with Crippen molar-refractivity contribution < 1.29 is 5.11 Å². The van der Waals surface area contributed by atoms with Crippen LogP contribution in [0.15, 0.2) is 0 Å². The van der Waals surface area contributed by atoms with E-state index in [1.165, 1.54) is 19.3 Å². The molecule has 102 valence electrons. The van der Waals surface area contributed by atoms with E-state index in [2.05, 4.69) is 49.9 Å². The van der Waals surface area contributed by atoms with Crippen LogP contribution in [0.3, 0.4) is 0 Å². The van der Waals surface area contributed by atoms with Gasteiger partial charge in [0.05, 0.1) is 0 Å². The number of unbranched alkanes of at least 4 members (excludes halogenated alkanes) is 4. The van der Waals surface area contributed by atoms with Gasteiger partial charge in [-0.05, 0) is 12.8 Å². The molecule has 0 amide bonds. The number of hydrogen-bond acceptors (Lipinski definition) is 1. The van der Waals surface area contributed by atoms with Crippen LogP contribution >= 0.6 is 0 Å². The number of aliphatic hydroxyl groups is 1. The molecule has 0 aliphatic rings. The van der Waals surface area contributed by atoms with E-state index in [1.54, 1.807) is 0 Å². The Morgan fingerprint density at radius 2 is 1.72 bits per heavy atom. The molecule has 0 rings (SSSR count). The van der Waals surface area contributed by atoms with Crippen LogP contribution in [0.2, 0.25) is 19.6 Å². The smallest absolute Gasteiger partial charge is 0.129 e. The summed E-state index contributed by atoms with van der Waals surface area (Å²) < 4.78 is 0. The molecule has 1 nitrogen and oxygen atoms in total. The molecular formula is C16H28OSi. The molecule has 0 aromatic heterocycles. The van der Waals surface area contributed by atoms with Crippen LogP contribution in [0, 0.1) is 23.3 Å². The first-order valence-corrected chi connectivity index (χ1v) is 10.6. The van der Waals surface area contributed by atoms with Gasteiger partial charge in [-0.25, -0.2) is 0 Å². The average molecular weight is 264 g/mol. The lowest BCUT2D eigenvalue weighted by atomic mass is 10.1. The maximum absolute atomic E-state index is 9.65. The van der Waals surface area contributed by atoms with E-state index in [1.807, 2.05) is 0 Å². The molecule has 1 atom stereocenters. The molecule has 0 aromatic carbocycles. The van der Waals surface area contributed by atoms with Gasteiger partial charge in [-0.3, -0.25) is 0 Å². The molecule has 0 fully saturated rings. The first kappa shape index (κ1) is 17.3. The summed E-state index contributed by atoms with van der Waals surface area (Å²) in [5, 5.41) is 9.65. The summed E-state index contributed by atoms with van der Waals surface area (Å²) in [6, 6.07) is 0. The molecule has 0 saturated heterocycles. The van der Waals surface area contributed by atoms with Gasteiger partial charge in [0, 0.05) is 12.8 Å². The van der Waals surface area contributed by atoms with Crippen molar-refractivity contribution in [3.63, 3.8) is 0 Å². The fourth-order valence-electron chi connectivity index (χ4n) is 1.44. The van der Waals surface area contributed by atoms with Crippen molar-refractivity contribution in [1.82, 2.24) is 0 Å². The van der Waals surface area contributed by atoms with Crippen LogP contribution in [-0.4, -0.2) is 19.3 Å². The number of aliphatic hydroxyl groups excluding tert-OH is 1. The lowest BCUT2D eigenvalue weighted by Crippen LogP contribution is -2.16. The van der Waals surface area contributed by atoms with Gasteiger partial charge in [-0.2, -0.15) is 0 Å². The second kappa shape index (κ2) is 10.2. The predicted molar refractivity (Wildman–Crippen MR) is 82.9 cm³/mol. The van der Waals surface area contributed by atoms with E-state index >= 15 is 0 Å². The summed E-state index contributed by atoms with van der Waals surface area (Å²) in [5.41, 5.74) is 3.30. The van der Waals surface area contributed by atoms with Crippen molar-refractivity contribution in [3.05, 3.63) is 0 Å². The summed E-state index contributed by atoms with van der Waals surface area (Å²) in [7, 11) is -1.25. The summed E-state index contributed by atoms with van der Waals surface area (Å²) in [6.45, 7) is 8.89. The maximum Gasteiger partial charge on any atom is 0.129 e. The van der Waals surface area contributed by atoms with Gasteiger partial charge < -0.3 is 5.11 Å². The predicted octanol–water partition coefficient (Wildman–Crippen LogP) is 3.98. The van der Waals surface area contributed by atoms with Crippen molar-refractivity contribution in [2.24, 2.45) is 0 Å². The quantitative estimate of drug-likeness (QED) is 0.437. The molecule has 0 radical (unpaired) electrons. The van der Waals surface area contributed by atoms with E-state index in [4.69, 9.17) is 0 Å². The molecule has 1 N–H and O–H groups in total. The Morgan fingerprint density at radius 3 is 2.33 bits per heavy atom. The van der Waals surface area contributed by atoms with Gasteiger partial charge >= 0.3 is 0 Å². The molecule has 2 heteroatoms. The summed E-state index contributed by atoms with van der Waals surface area (Å²) in [4.78, 5) is 0. The van der Waals surface area contributed by atoms with Gasteiger partial charge in [0.25, 0.3) is 0 Å². The van der Waals surface area contributed by atoms with Gasteiger partial charge in [-0.1, -0.05) is 51.7 Å². The van der Waals surface area contributed by atoms with Crippen LogP contribution in [0.1, 0.15) is 51.9 Å². The van der Waals surface area contributed by atoms with Crippen molar-refractivity contribution in [2.45, 2.75) is 77.6 Å². The monoisotopic (exact) mass is 264 g/mol. The molecule has 0 aliphatic heterocycles. The van der Waals surface area contributed by atoms with E-state index < -0.39 is 14.2 Å². The van der Waals surface area contributed by atoms with Crippen molar-refractivity contribution in [2.75, 3.05) is 0 Å². The molecule has 0 bridgehead atoms. The topological polar surface area (TPSA) is 20.2 Å². The highest BCUT2D eigenvalue weighted by molar-refractivity contribution is 6.83. The Kier molecular flexibility index (Phi) is 9.84. The molecule has 0 saturated carbocycles. The third kappa shape index (κ3) is 13.4. The molecule has 0 aliphatic carbocycles. The van der Waals surface area contributed by atoms with Crippen LogP contribution in [-0.2, 0) is 0 Å².